The van der Waals surface area contributed by atoms with Gasteiger partial charge in [0.25, 0.3) is 0 Å². The van der Waals surface area contributed by atoms with Crippen LogP contribution in [-0.2, 0) is 0 Å². The van der Waals surface area contributed by atoms with E-state index in [1.54, 1.807) is 12.1 Å². The summed E-state index contributed by atoms with van der Waals surface area (Å²) >= 11 is 0.912. The Labute approximate surface area is 66.2 Å². The van der Waals surface area contributed by atoms with E-state index in [9.17, 15) is 0 Å². The quantitative estimate of drug-likeness (QED) is 0.595. The van der Waals surface area contributed by atoms with Crippen molar-refractivity contribution in [3.8, 4) is 11.5 Å². The van der Waals surface area contributed by atoms with Crippen LogP contribution in [-0.4, -0.2) is 32.7 Å². The molecule has 3 heteroatoms. The van der Waals surface area contributed by atoms with E-state index in [0.29, 0.717) is 0 Å². The third kappa shape index (κ3) is 1.78. The Balaban J connectivity index is 3.17. The summed E-state index contributed by atoms with van der Waals surface area (Å²) in [5, 5.41) is 17.7. The van der Waals surface area contributed by atoms with Gasteiger partial charge in [0.1, 0.15) is 0 Å². The number of phenolic OH excluding ortho intramolecular Hbond substituents is 2. The summed E-state index contributed by atoms with van der Waals surface area (Å²) in [6.45, 7) is 0. The van der Waals surface area contributed by atoms with Gasteiger partial charge in [-0.25, -0.2) is 0 Å². The van der Waals surface area contributed by atoms with Crippen molar-refractivity contribution in [2.75, 3.05) is 0 Å². The molecule has 9 heavy (non-hydrogen) atoms. The summed E-state index contributed by atoms with van der Waals surface area (Å²) in [5.74, 6) is 0.273. The van der Waals surface area contributed by atoms with Gasteiger partial charge in [-0.05, 0) is 0 Å². The fraction of sp³-hybridized carbons (Fsp3) is 0. The Kier molecular flexibility index (Phi) is 1.85. The number of phenols is 2. The molecule has 2 N–H and O–H groups in total. The predicted molar refractivity (Wildman–Crippen MR) is 36.6 cm³/mol. The first-order chi connectivity index (χ1) is 4.18. The fourth-order valence-corrected chi connectivity index (χ4v) is 1.59. The maximum atomic E-state index is 8.85. The van der Waals surface area contributed by atoms with Gasteiger partial charge in [0.2, 0.25) is 0 Å². The number of aromatic hydroxyl groups is 2. The second-order valence-corrected chi connectivity index (χ2v) is 3.69. The first kappa shape index (κ1) is 6.73. The molecule has 0 aliphatic heterocycles. The van der Waals surface area contributed by atoms with Crippen LogP contribution in [0.25, 0.3) is 0 Å². The van der Waals surface area contributed by atoms with Crippen LogP contribution in [0.15, 0.2) is 18.2 Å². The molecule has 0 atom stereocenters. The molecule has 0 aliphatic carbocycles. The van der Waals surface area contributed by atoms with Gasteiger partial charge in [-0.2, -0.15) is 0 Å². The molecule has 46 valence electrons. The van der Waals surface area contributed by atoms with Gasteiger partial charge in [-0.1, -0.05) is 0 Å². The van der Waals surface area contributed by atoms with Gasteiger partial charge in [0.05, 0.1) is 0 Å². The first-order valence-corrected chi connectivity index (χ1v) is 4.12. The van der Waals surface area contributed by atoms with Crippen molar-refractivity contribution in [3.05, 3.63) is 18.2 Å². The number of rotatable bonds is 0. The average molecular weight is 229 g/mol. The molecule has 0 aromatic heterocycles. The van der Waals surface area contributed by atoms with E-state index in [-0.39, 0.29) is 11.5 Å². The molecular weight excluding hydrogens is 223 g/mol. The van der Waals surface area contributed by atoms with Crippen molar-refractivity contribution < 1.29 is 10.2 Å². The molecule has 2 radical (unpaired) electrons. The zero-order chi connectivity index (χ0) is 6.85. The van der Waals surface area contributed by atoms with Gasteiger partial charge in [-0.15, -0.1) is 0 Å². The van der Waals surface area contributed by atoms with Crippen LogP contribution in [0, 0.1) is 0 Å². The minimum atomic E-state index is 0.137. The average Bonchev–Trinajstić information content (AvgIpc) is 1.59. The Hall–Kier alpha value is -0.381. The Morgan fingerprint density at radius 2 is 1.44 bits per heavy atom. The molecule has 0 amide bonds. The fourth-order valence-electron chi connectivity index (χ4n) is 0.618. The van der Waals surface area contributed by atoms with Crippen LogP contribution in [0.5, 0.6) is 11.5 Å². The molecule has 1 aromatic carbocycles. The number of hydrogen-bond donors (Lipinski definition) is 2. The van der Waals surface area contributed by atoms with Crippen LogP contribution >= 0.6 is 0 Å². The molecule has 0 heterocycles. The van der Waals surface area contributed by atoms with E-state index in [1.165, 1.54) is 6.07 Å². The van der Waals surface area contributed by atoms with Crippen molar-refractivity contribution in [2.24, 2.45) is 0 Å². The zero-order valence-corrected chi connectivity index (χ0v) is 8.00. The first-order valence-electron chi connectivity index (χ1n) is 2.47. The van der Waals surface area contributed by atoms with Crippen molar-refractivity contribution in [3.63, 3.8) is 0 Å². The second kappa shape index (κ2) is 2.47. The summed E-state index contributed by atoms with van der Waals surface area (Å²) in [7, 11) is 0. The zero-order valence-electron chi connectivity index (χ0n) is 4.70. The van der Waals surface area contributed by atoms with E-state index >= 15 is 0 Å². The van der Waals surface area contributed by atoms with Crippen LogP contribution in [0.1, 0.15) is 0 Å². The predicted octanol–water partition coefficient (Wildman–Crippen LogP) is -0.376. The van der Waals surface area contributed by atoms with Crippen LogP contribution in [0.3, 0.4) is 0 Å². The van der Waals surface area contributed by atoms with E-state index in [4.69, 9.17) is 10.2 Å². The van der Waals surface area contributed by atoms with E-state index in [0.717, 1.165) is 26.1 Å². The third-order valence-corrected chi connectivity index (χ3v) is 1.88. The number of hydrogen-bond acceptors (Lipinski definition) is 2. The van der Waals surface area contributed by atoms with Crippen molar-refractivity contribution in [1.29, 1.82) is 0 Å². The molecule has 0 saturated heterocycles. The molecule has 1 aromatic rings. The molecule has 0 saturated carbocycles. The SMILES string of the molecule is Oc1cc(O)c[c]([SnH])c1. The molecule has 0 unspecified atom stereocenters. The Morgan fingerprint density at radius 3 is 1.78 bits per heavy atom. The van der Waals surface area contributed by atoms with Crippen molar-refractivity contribution in [2.45, 2.75) is 0 Å². The van der Waals surface area contributed by atoms with Gasteiger partial charge in [0.15, 0.2) is 0 Å². The van der Waals surface area contributed by atoms with Gasteiger partial charge in [-0.3, -0.25) is 0 Å². The topological polar surface area (TPSA) is 40.5 Å². The third-order valence-electron chi connectivity index (χ3n) is 0.925. The Bertz CT molecular complexity index is 172. The monoisotopic (exact) mass is 230 g/mol. The Morgan fingerprint density at radius 1 is 1.00 bits per heavy atom. The molecule has 0 bridgehead atoms. The molecule has 2 nitrogen and oxygen atoms in total. The van der Waals surface area contributed by atoms with Gasteiger partial charge < -0.3 is 0 Å². The molecule has 1 rings (SSSR count). The summed E-state index contributed by atoms with van der Waals surface area (Å²) in [5.41, 5.74) is 0. The second-order valence-electron chi connectivity index (χ2n) is 1.78. The van der Waals surface area contributed by atoms with Crippen molar-refractivity contribution >= 4 is 26.1 Å². The molecule has 0 spiro atoms. The van der Waals surface area contributed by atoms with E-state index in [1.807, 2.05) is 0 Å². The van der Waals surface area contributed by atoms with E-state index < -0.39 is 0 Å². The standard InChI is InChI=1S/C6H5O2.Sn.H/c7-5-2-1-3-6(8)4-5;;/h2-4,7-8H;;. The van der Waals surface area contributed by atoms with Gasteiger partial charge in [0, 0.05) is 0 Å². The molecule has 0 aliphatic rings. The molecule has 0 fully saturated rings. The van der Waals surface area contributed by atoms with E-state index in [2.05, 4.69) is 0 Å². The number of benzene rings is 1. The minimum absolute atomic E-state index is 0.137. The molecular formula is C6H6O2Sn. The van der Waals surface area contributed by atoms with Crippen LogP contribution < -0.4 is 3.58 Å². The van der Waals surface area contributed by atoms with Crippen LogP contribution in [0.4, 0.5) is 0 Å². The van der Waals surface area contributed by atoms with Crippen molar-refractivity contribution in [1.82, 2.24) is 0 Å². The normalized spacial score (nSPS) is 9.44. The maximum absolute atomic E-state index is 8.85. The summed E-state index contributed by atoms with van der Waals surface area (Å²) in [6, 6.07) is 4.60. The summed E-state index contributed by atoms with van der Waals surface area (Å²) in [6.07, 6.45) is 0. The summed E-state index contributed by atoms with van der Waals surface area (Å²) in [4.78, 5) is 0. The van der Waals surface area contributed by atoms with Crippen LogP contribution in [0.2, 0.25) is 0 Å². The summed E-state index contributed by atoms with van der Waals surface area (Å²) < 4.78 is 0.984. The van der Waals surface area contributed by atoms with Gasteiger partial charge >= 0.3 is 66.0 Å².